The topological polar surface area (TPSA) is 29.5 Å². The molecule has 5 heteroatoms. The van der Waals surface area contributed by atoms with Crippen molar-refractivity contribution in [2.24, 2.45) is 0 Å². The molecule has 0 bridgehead atoms. The number of carbonyl (C=O) groups is 1. The number of hydrogen-bond acceptors (Lipinski definition) is 4. The van der Waals surface area contributed by atoms with Gasteiger partial charge in [0, 0.05) is 11.4 Å². The van der Waals surface area contributed by atoms with Crippen LogP contribution >= 0.6 is 22.9 Å². The van der Waals surface area contributed by atoms with Crippen LogP contribution in [-0.4, -0.2) is 31.1 Å². The molecule has 0 aromatic carbocycles. The molecule has 0 spiro atoms. The summed E-state index contributed by atoms with van der Waals surface area (Å²) in [6.45, 7) is 3.26. The second-order valence-corrected chi connectivity index (χ2v) is 4.98. The summed E-state index contributed by atoms with van der Waals surface area (Å²) in [7, 11) is 1.88. The largest absolute Gasteiger partial charge is 0.465 e. The number of halogens is 1. The normalized spacial score (nSPS) is 10.7. The van der Waals surface area contributed by atoms with Crippen LogP contribution in [0.2, 0.25) is 4.34 Å². The van der Waals surface area contributed by atoms with E-state index in [0.717, 1.165) is 15.8 Å². The molecular formula is C10H14ClNO2S. The molecule has 0 aliphatic rings. The van der Waals surface area contributed by atoms with Crippen molar-refractivity contribution < 1.29 is 9.53 Å². The number of hydrogen-bond donors (Lipinski definition) is 0. The van der Waals surface area contributed by atoms with Crippen LogP contribution in [0, 0.1) is 0 Å². The Balaban J connectivity index is 2.35. The highest BCUT2D eigenvalue weighted by Crippen LogP contribution is 2.22. The third kappa shape index (κ3) is 4.64. The van der Waals surface area contributed by atoms with Crippen molar-refractivity contribution in [2.45, 2.75) is 13.5 Å². The number of rotatable bonds is 5. The van der Waals surface area contributed by atoms with Gasteiger partial charge in [0.15, 0.2) is 0 Å². The summed E-state index contributed by atoms with van der Waals surface area (Å²) in [4.78, 5) is 14.2. The molecule has 0 saturated heterocycles. The van der Waals surface area contributed by atoms with Crippen molar-refractivity contribution in [3.63, 3.8) is 0 Å². The van der Waals surface area contributed by atoms with Gasteiger partial charge in [0.05, 0.1) is 17.5 Å². The minimum absolute atomic E-state index is 0.192. The van der Waals surface area contributed by atoms with Gasteiger partial charge >= 0.3 is 5.97 Å². The number of likely N-dealkylation sites (N-methyl/N-ethyl adjacent to an activating group) is 1. The van der Waals surface area contributed by atoms with E-state index < -0.39 is 0 Å². The van der Waals surface area contributed by atoms with E-state index in [0.29, 0.717) is 13.2 Å². The van der Waals surface area contributed by atoms with Crippen molar-refractivity contribution in [1.82, 2.24) is 4.90 Å². The SMILES string of the molecule is CCOC(=O)CN(C)Cc1ccc(Cl)s1. The predicted molar refractivity (Wildman–Crippen MR) is 62.3 cm³/mol. The summed E-state index contributed by atoms with van der Waals surface area (Å²) >= 11 is 7.34. The van der Waals surface area contributed by atoms with Gasteiger partial charge in [0.2, 0.25) is 0 Å². The molecule has 0 amide bonds. The molecule has 0 unspecified atom stereocenters. The lowest BCUT2D eigenvalue weighted by molar-refractivity contribution is -0.144. The summed E-state index contributed by atoms with van der Waals surface area (Å²) in [5.41, 5.74) is 0. The molecule has 1 heterocycles. The standard InChI is InChI=1S/C10H14ClNO2S/c1-3-14-10(13)7-12(2)6-8-4-5-9(11)15-8/h4-5H,3,6-7H2,1-2H3. The number of esters is 1. The molecule has 0 aliphatic heterocycles. The zero-order valence-electron chi connectivity index (χ0n) is 8.83. The zero-order chi connectivity index (χ0) is 11.3. The average Bonchev–Trinajstić information content (AvgIpc) is 2.51. The molecular weight excluding hydrogens is 234 g/mol. The maximum atomic E-state index is 11.2. The molecule has 84 valence electrons. The van der Waals surface area contributed by atoms with Crippen molar-refractivity contribution >= 4 is 28.9 Å². The van der Waals surface area contributed by atoms with E-state index in [-0.39, 0.29) is 5.97 Å². The first-order valence-electron chi connectivity index (χ1n) is 4.70. The fourth-order valence-corrected chi connectivity index (χ4v) is 2.35. The van der Waals surface area contributed by atoms with E-state index in [9.17, 15) is 4.79 Å². The summed E-state index contributed by atoms with van der Waals surface area (Å²) in [6.07, 6.45) is 0. The number of thiophene rings is 1. The second-order valence-electron chi connectivity index (χ2n) is 3.18. The van der Waals surface area contributed by atoms with E-state index in [1.807, 2.05) is 24.1 Å². The van der Waals surface area contributed by atoms with Gasteiger partial charge in [-0.15, -0.1) is 11.3 Å². The van der Waals surface area contributed by atoms with Gasteiger partial charge in [-0.1, -0.05) is 11.6 Å². The van der Waals surface area contributed by atoms with Crippen LogP contribution in [0.25, 0.3) is 0 Å². The molecule has 0 aliphatic carbocycles. The van der Waals surface area contributed by atoms with Crippen molar-refractivity contribution in [3.05, 3.63) is 21.3 Å². The Bertz CT molecular complexity index is 327. The minimum Gasteiger partial charge on any atom is -0.465 e. The summed E-state index contributed by atoms with van der Waals surface area (Å²) in [6, 6.07) is 3.83. The highest BCUT2D eigenvalue weighted by atomic mass is 35.5. The van der Waals surface area contributed by atoms with Crippen LogP contribution < -0.4 is 0 Å². The zero-order valence-corrected chi connectivity index (χ0v) is 10.4. The van der Waals surface area contributed by atoms with E-state index in [4.69, 9.17) is 16.3 Å². The first kappa shape index (κ1) is 12.5. The number of ether oxygens (including phenoxy) is 1. The highest BCUT2D eigenvalue weighted by Gasteiger charge is 2.08. The Morgan fingerprint density at radius 3 is 2.87 bits per heavy atom. The van der Waals surface area contributed by atoms with E-state index in [1.165, 1.54) is 11.3 Å². The first-order valence-corrected chi connectivity index (χ1v) is 5.89. The van der Waals surface area contributed by atoms with E-state index in [1.54, 1.807) is 6.92 Å². The molecule has 15 heavy (non-hydrogen) atoms. The highest BCUT2D eigenvalue weighted by molar-refractivity contribution is 7.16. The molecule has 0 fully saturated rings. The van der Waals surface area contributed by atoms with Crippen LogP contribution in [0.1, 0.15) is 11.8 Å². The summed E-state index contributed by atoms with van der Waals surface area (Å²) < 4.78 is 5.62. The van der Waals surface area contributed by atoms with Gasteiger partial charge in [-0.3, -0.25) is 9.69 Å². The first-order chi connectivity index (χ1) is 7.11. The maximum Gasteiger partial charge on any atom is 0.320 e. The maximum absolute atomic E-state index is 11.2. The van der Waals surface area contributed by atoms with E-state index >= 15 is 0 Å². The molecule has 3 nitrogen and oxygen atoms in total. The molecule has 0 atom stereocenters. The molecule has 0 N–H and O–H groups in total. The van der Waals surface area contributed by atoms with Gasteiger partial charge in [-0.2, -0.15) is 0 Å². The Hall–Kier alpha value is -0.580. The van der Waals surface area contributed by atoms with Gasteiger partial charge in [-0.05, 0) is 26.1 Å². The van der Waals surface area contributed by atoms with Crippen LogP contribution in [0.4, 0.5) is 0 Å². The number of nitrogens with zero attached hydrogens (tertiary/aromatic N) is 1. The lowest BCUT2D eigenvalue weighted by atomic mass is 10.4. The van der Waals surface area contributed by atoms with Crippen molar-refractivity contribution in [3.8, 4) is 0 Å². The van der Waals surface area contributed by atoms with Crippen molar-refractivity contribution in [2.75, 3.05) is 20.2 Å². The van der Waals surface area contributed by atoms with Gasteiger partial charge in [-0.25, -0.2) is 0 Å². The van der Waals surface area contributed by atoms with E-state index in [2.05, 4.69) is 0 Å². The Labute approximate surface area is 98.6 Å². The Morgan fingerprint density at radius 2 is 2.33 bits per heavy atom. The molecule has 0 saturated carbocycles. The quantitative estimate of drug-likeness (QED) is 0.749. The second kappa shape index (κ2) is 6.10. The summed E-state index contributed by atoms with van der Waals surface area (Å²) in [5, 5.41) is 0. The monoisotopic (exact) mass is 247 g/mol. The van der Waals surface area contributed by atoms with Crippen LogP contribution in [0.5, 0.6) is 0 Å². The fraction of sp³-hybridized carbons (Fsp3) is 0.500. The minimum atomic E-state index is -0.192. The Morgan fingerprint density at radius 1 is 1.60 bits per heavy atom. The third-order valence-electron chi connectivity index (χ3n) is 1.76. The van der Waals surface area contributed by atoms with Crippen LogP contribution in [0.15, 0.2) is 12.1 Å². The third-order valence-corrected chi connectivity index (χ3v) is 2.97. The van der Waals surface area contributed by atoms with Crippen LogP contribution in [-0.2, 0) is 16.1 Å². The molecule has 0 radical (unpaired) electrons. The van der Waals surface area contributed by atoms with Gasteiger partial charge in [0.25, 0.3) is 0 Å². The lowest BCUT2D eigenvalue weighted by Gasteiger charge is -2.13. The average molecular weight is 248 g/mol. The predicted octanol–water partition coefficient (Wildman–Crippen LogP) is 2.40. The van der Waals surface area contributed by atoms with Crippen LogP contribution in [0.3, 0.4) is 0 Å². The lowest BCUT2D eigenvalue weighted by Crippen LogP contribution is -2.26. The number of carbonyl (C=O) groups excluding carboxylic acids is 1. The summed E-state index contributed by atoms with van der Waals surface area (Å²) in [5.74, 6) is -0.192. The molecule has 1 aromatic heterocycles. The molecule has 1 rings (SSSR count). The van der Waals surface area contributed by atoms with Gasteiger partial charge < -0.3 is 4.74 Å². The van der Waals surface area contributed by atoms with Crippen molar-refractivity contribution in [1.29, 1.82) is 0 Å². The van der Waals surface area contributed by atoms with Gasteiger partial charge in [0.1, 0.15) is 0 Å². The molecule has 1 aromatic rings. The smallest absolute Gasteiger partial charge is 0.320 e. The fourth-order valence-electron chi connectivity index (χ4n) is 1.19. The Kier molecular flexibility index (Phi) is 5.08.